The molecule has 0 radical (unpaired) electrons. The smallest absolute Gasteiger partial charge is 0.250 e. The summed E-state index contributed by atoms with van der Waals surface area (Å²) in [4.78, 5) is 19.6. The van der Waals surface area contributed by atoms with E-state index in [1.807, 2.05) is 0 Å². The summed E-state index contributed by atoms with van der Waals surface area (Å²) in [6.07, 6.45) is 5.02. The maximum absolute atomic E-state index is 11.2. The van der Waals surface area contributed by atoms with Gasteiger partial charge >= 0.3 is 0 Å². The van der Waals surface area contributed by atoms with Gasteiger partial charge < -0.3 is 10.3 Å². The predicted octanol–water partition coefficient (Wildman–Crippen LogP) is 0.301. The summed E-state index contributed by atoms with van der Waals surface area (Å²) < 4.78 is 1.51. The molecule has 2 aromatic heterocycles. The number of aromatic nitrogens is 3. The third-order valence-electron chi connectivity index (χ3n) is 2.30. The van der Waals surface area contributed by atoms with Gasteiger partial charge in [-0.15, -0.1) is 0 Å². The lowest BCUT2D eigenvalue weighted by molar-refractivity contribution is 0.860. The minimum atomic E-state index is -0.0460. The van der Waals surface area contributed by atoms with Gasteiger partial charge in [0, 0.05) is 31.4 Å². The van der Waals surface area contributed by atoms with E-state index in [2.05, 4.69) is 9.97 Å². The normalized spacial score (nSPS) is 10.4. The van der Waals surface area contributed by atoms with Crippen LogP contribution in [0.2, 0.25) is 0 Å². The van der Waals surface area contributed by atoms with Crippen LogP contribution < -0.4 is 11.3 Å². The molecular formula is C11H12N4O. The van der Waals surface area contributed by atoms with E-state index in [1.54, 1.807) is 31.7 Å². The Morgan fingerprint density at radius 3 is 2.69 bits per heavy atom. The second-order valence-electron chi connectivity index (χ2n) is 3.46. The molecule has 82 valence electrons. The number of pyridine rings is 1. The molecule has 2 rings (SSSR count). The van der Waals surface area contributed by atoms with Gasteiger partial charge in [0.2, 0.25) is 5.56 Å². The summed E-state index contributed by atoms with van der Waals surface area (Å²) in [5, 5.41) is 0. The summed E-state index contributed by atoms with van der Waals surface area (Å²) >= 11 is 0. The second kappa shape index (κ2) is 4.24. The summed E-state index contributed by atoms with van der Waals surface area (Å²) in [5.74, 6) is 0. The van der Waals surface area contributed by atoms with Gasteiger partial charge in [-0.2, -0.15) is 0 Å². The quantitative estimate of drug-likeness (QED) is 0.783. The first kappa shape index (κ1) is 10.5. The van der Waals surface area contributed by atoms with Crippen LogP contribution in [-0.4, -0.2) is 14.5 Å². The Morgan fingerprint density at radius 1 is 1.31 bits per heavy atom. The zero-order valence-corrected chi connectivity index (χ0v) is 8.92. The highest BCUT2D eigenvalue weighted by molar-refractivity contribution is 5.56. The van der Waals surface area contributed by atoms with Crippen molar-refractivity contribution in [1.82, 2.24) is 14.5 Å². The zero-order chi connectivity index (χ0) is 11.5. The van der Waals surface area contributed by atoms with Crippen molar-refractivity contribution >= 4 is 0 Å². The first-order chi connectivity index (χ1) is 7.70. The van der Waals surface area contributed by atoms with Gasteiger partial charge in [0.25, 0.3) is 0 Å². The SMILES string of the molecule is Cn1cc(-c2cnc(CN)cn2)ccc1=O. The highest BCUT2D eigenvalue weighted by Crippen LogP contribution is 2.13. The van der Waals surface area contributed by atoms with E-state index in [1.165, 1.54) is 10.6 Å². The number of aryl methyl sites for hydroxylation is 1. The highest BCUT2D eigenvalue weighted by Gasteiger charge is 2.01. The van der Waals surface area contributed by atoms with Gasteiger partial charge in [-0.1, -0.05) is 0 Å². The van der Waals surface area contributed by atoms with Crippen molar-refractivity contribution in [2.45, 2.75) is 6.54 Å². The van der Waals surface area contributed by atoms with Crippen LogP contribution >= 0.6 is 0 Å². The predicted molar refractivity (Wildman–Crippen MR) is 60.6 cm³/mol. The molecular weight excluding hydrogens is 204 g/mol. The van der Waals surface area contributed by atoms with Crippen LogP contribution in [-0.2, 0) is 13.6 Å². The summed E-state index contributed by atoms with van der Waals surface area (Å²) in [5.41, 5.74) is 7.72. The van der Waals surface area contributed by atoms with Crippen molar-refractivity contribution in [3.8, 4) is 11.3 Å². The van der Waals surface area contributed by atoms with E-state index < -0.39 is 0 Å². The van der Waals surface area contributed by atoms with Crippen molar-refractivity contribution in [2.75, 3.05) is 0 Å². The molecule has 2 aromatic rings. The molecule has 0 spiro atoms. The first-order valence-corrected chi connectivity index (χ1v) is 4.89. The van der Waals surface area contributed by atoms with Crippen LogP contribution in [0.4, 0.5) is 0 Å². The zero-order valence-electron chi connectivity index (χ0n) is 8.92. The Bertz CT molecular complexity index is 545. The maximum atomic E-state index is 11.2. The second-order valence-corrected chi connectivity index (χ2v) is 3.46. The molecule has 2 N–H and O–H groups in total. The van der Waals surface area contributed by atoms with Crippen LogP contribution in [0, 0.1) is 0 Å². The lowest BCUT2D eigenvalue weighted by atomic mass is 10.2. The molecule has 0 aromatic carbocycles. The minimum Gasteiger partial charge on any atom is -0.325 e. The Labute approximate surface area is 92.6 Å². The standard InChI is InChI=1S/C11H12N4O/c1-15-7-8(2-3-11(15)16)10-6-13-9(4-12)5-14-10/h2-3,5-7H,4,12H2,1H3. The van der Waals surface area contributed by atoms with Crippen LogP contribution in [0.5, 0.6) is 0 Å². The lowest BCUT2D eigenvalue weighted by Gasteiger charge is -2.03. The highest BCUT2D eigenvalue weighted by atomic mass is 16.1. The van der Waals surface area contributed by atoms with Crippen molar-refractivity contribution in [3.05, 3.63) is 46.8 Å². The number of hydrogen-bond acceptors (Lipinski definition) is 4. The van der Waals surface area contributed by atoms with E-state index >= 15 is 0 Å². The molecule has 0 saturated carbocycles. The van der Waals surface area contributed by atoms with E-state index in [0.717, 1.165) is 17.0 Å². The van der Waals surface area contributed by atoms with E-state index in [-0.39, 0.29) is 5.56 Å². The molecule has 0 amide bonds. The fourth-order valence-corrected chi connectivity index (χ4v) is 1.35. The average molecular weight is 216 g/mol. The topological polar surface area (TPSA) is 73.8 Å². The maximum Gasteiger partial charge on any atom is 0.250 e. The van der Waals surface area contributed by atoms with E-state index in [9.17, 15) is 4.79 Å². The van der Waals surface area contributed by atoms with Crippen molar-refractivity contribution in [3.63, 3.8) is 0 Å². The summed E-state index contributed by atoms with van der Waals surface area (Å²) in [7, 11) is 1.70. The largest absolute Gasteiger partial charge is 0.325 e. The van der Waals surface area contributed by atoms with Gasteiger partial charge in [-0.05, 0) is 6.07 Å². The van der Waals surface area contributed by atoms with Gasteiger partial charge in [0.15, 0.2) is 0 Å². The van der Waals surface area contributed by atoms with Crippen LogP contribution in [0.1, 0.15) is 5.69 Å². The Kier molecular flexibility index (Phi) is 2.78. The molecule has 2 heterocycles. The van der Waals surface area contributed by atoms with Crippen molar-refractivity contribution in [1.29, 1.82) is 0 Å². The third-order valence-corrected chi connectivity index (χ3v) is 2.30. The van der Waals surface area contributed by atoms with E-state index in [0.29, 0.717) is 6.54 Å². The molecule has 0 aliphatic carbocycles. The molecule has 5 heteroatoms. The first-order valence-electron chi connectivity index (χ1n) is 4.89. The monoisotopic (exact) mass is 216 g/mol. The summed E-state index contributed by atoms with van der Waals surface area (Å²) in [6, 6.07) is 3.24. The Morgan fingerprint density at radius 2 is 2.12 bits per heavy atom. The van der Waals surface area contributed by atoms with Gasteiger partial charge in [-0.25, -0.2) is 0 Å². The van der Waals surface area contributed by atoms with Gasteiger partial charge in [-0.3, -0.25) is 14.8 Å². The molecule has 0 atom stereocenters. The molecule has 0 aliphatic heterocycles. The van der Waals surface area contributed by atoms with E-state index in [4.69, 9.17) is 5.73 Å². The third kappa shape index (κ3) is 1.99. The van der Waals surface area contributed by atoms with Gasteiger partial charge in [0.1, 0.15) is 0 Å². The molecule has 0 fully saturated rings. The van der Waals surface area contributed by atoms with Crippen LogP contribution in [0.15, 0.2) is 35.5 Å². The Balaban J connectivity index is 2.42. The van der Waals surface area contributed by atoms with Crippen LogP contribution in [0.3, 0.4) is 0 Å². The minimum absolute atomic E-state index is 0.0460. The van der Waals surface area contributed by atoms with Crippen LogP contribution in [0.25, 0.3) is 11.3 Å². The molecule has 0 aliphatic rings. The Hall–Kier alpha value is -2.01. The van der Waals surface area contributed by atoms with Gasteiger partial charge in [0.05, 0.1) is 23.8 Å². The number of nitrogens with two attached hydrogens (primary N) is 1. The summed E-state index contributed by atoms with van der Waals surface area (Å²) in [6.45, 7) is 0.376. The molecule has 0 unspecified atom stereocenters. The molecule has 0 bridgehead atoms. The average Bonchev–Trinajstić information content (AvgIpc) is 2.33. The fraction of sp³-hybridized carbons (Fsp3) is 0.182. The fourth-order valence-electron chi connectivity index (χ4n) is 1.35. The molecule has 5 nitrogen and oxygen atoms in total. The molecule has 16 heavy (non-hydrogen) atoms. The number of hydrogen-bond donors (Lipinski definition) is 1. The van der Waals surface area contributed by atoms with Crippen molar-refractivity contribution < 1.29 is 0 Å². The van der Waals surface area contributed by atoms with Crippen molar-refractivity contribution in [2.24, 2.45) is 12.8 Å². The number of nitrogens with zero attached hydrogens (tertiary/aromatic N) is 3. The lowest BCUT2D eigenvalue weighted by Crippen LogP contribution is -2.14. The molecule has 0 saturated heterocycles. The number of rotatable bonds is 2.